The summed E-state index contributed by atoms with van der Waals surface area (Å²) < 4.78 is 13.1. The zero-order chi connectivity index (χ0) is 21.8. The molecule has 0 unspecified atom stereocenters. The molecular weight excluding hydrogens is 414 g/mol. The second-order valence-corrected chi connectivity index (χ2v) is 7.76. The maximum absolute atomic E-state index is 12.5. The molecule has 0 atom stereocenters. The van der Waals surface area contributed by atoms with Gasteiger partial charge in [0.2, 0.25) is 0 Å². The molecule has 0 saturated carbocycles. The van der Waals surface area contributed by atoms with Crippen LogP contribution < -0.4 is 10.1 Å². The Hall–Kier alpha value is -3.51. The predicted molar refractivity (Wildman–Crippen MR) is 120 cm³/mol. The van der Waals surface area contributed by atoms with Crippen LogP contribution in [0.15, 0.2) is 71.4 Å². The summed E-state index contributed by atoms with van der Waals surface area (Å²) in [4.78, 5) is 12.5. The molecule has 1 N–H and O–H groups in total. The highest BCUT2D eigenvalue weighted by Crippen LogP contribution is 2.20. The molecule has 158 valence electrons. The van der Waals surface area contributed by atoms with Gasteiger partial charge in [0.1, 0.15) is 18.1 Å². The zero-order valence-corrected chi connectivity index (χ0v) is 18.0. The molecule has 0 aliphatic heterocycles. The third-order valence-electron chi connectivity index (χ3n) is 4.64. The van der Waals surface area contributed by atoms with E-state index in [0.717, 1.165) is 22.4 Å². The number of carbonyl (C=O) groups excluding carboxylic acids is 1. The van der Waals surface area contributed by atoms with Gasteiger partial charge < -0.3 is 14.5 Å². The van der Waals surface area contributed by atoms with Crippen LogP contribution in [0.5, 0.6) is 5.75 Å². The summed E-state index contributed by atoms with van der Waals surface area (Å²) in [6, 6.07) is 16.9. The number of aromatic nitrogens is 2. The van der Waals surface area contributed by atoms with Gasteiger partial charge in [-0.05, 0) is 60.9 Å². The average molecular weight is 436 g/mol. The standard InChI is InChI=1S/C24H22ClN3O3/c1-16-9-17(2)11-21(10-16)30-15-20-7-8-23(31-20)24(29)27-19-12-26-28(14-19)13-18-5-3-4-6-22(18)25/h3-12,14H,13,15H2,1-2H3,(H,27,29). The van der Waals surface area contributed by atoms with E-state index in [1.807, 2.05) is 50.2 Å². The Morgan fingerprint density at radius 2 is 1.90 bits per heavy atom. The highest BCUT2D eigenvalue weighted by atomic mass is 35.5. The number of hydrogen-bond donors (Lipinski definition) is 1. The average Bonchev–Trinajstić information content (AvgIpc) is 3.37. The number of anilines is 1. The molecule has 6 nitrogen and oxygen atoms in total. The van der Waals surface area contributed by atoms with Gasteiger partial charge in [-0.1, -0.05) is 35.9 Å². The summed E-state index contributed by atoms with van der Waals surface area (Å²) in [6.07, 6.45) is 3.33. The van der Waals surface area contributed by atoms with Crippen LogP contribution in [0.3, 0.4) is 0 Å². The first kappa shape index (κ1) is 20.8. The number of ether oxygens (including phenoxy) is 1. The molecule has 7 heteroatoms. The van der Waals surface area contributed by atoms with E-state index in [4.69, 9.17) is 20.8 Å². The molecule has 4 rings (SSSR count). The molecule has 0 radical (unpaired) electrons. The highest BCUT2D eigenvalue weighted by molar-refractivity contribution is 6.31. The van der Waals surface area contributed by atoms with Gasteiger partial charge in [0.15, 0.2) is 5.76 Å². The minimum Gasteiger partial charge on any atom is -0.486 e. The van der Waals surface area contributed by atoms with Crippen LogP contribution >= 0.6 is 11.6 Å². The number of amides is 1. The van der Waals surface area contributed by atoms with Gasteiger partial charge in [0.25, 0.3) is 5.91 Å². The Balaban J connectivity index is 1.35. The van der Waals surface area contributed by atoms with Gasteiger partial charge in [-0.25, -0.2) is 0 Å². The number of benzene rings is 2. The molecule has 0 spiro atoms. The number of nitrogens with zero attached hydrogens (tertiary/aromatic N) is 2. The number of halogens is 1. The molecule has 0 aliphatic carbocycles. The number of carbonyl (C=O) groups is 1. The van der Waals surface area contributed by atoms with E-state index >= 15 is 0 Å². The Morgan fingerprint density at radius 3 is 2.68 bits per heavy atom. The van der Waals surface area contributed by atoms with Gasteiger partial charge in [-0.3, -0.25) is 9.48 Å². The van der Waals surface area contributed by atoms with E-state index in [1.54, 1.807) is 29.2 Å². The molecule has 1 amide bonds. The maximum atomic E-state index is 12.5. The van der Waals surface area contributed by atoms with Gasteiger partial charge >= 0.3 is 0 Å². The van der Waals surface area contributed by atoms with Crippen molar-refractivity contribution in [3.8, 4) is 5.75 Å². The molecule has 31 heavy (non-hydrogen) atoms. The lowest BCUT2D eigenvalue weighted by Gasteiger charge is -2.06. The van der Waals surface area contributed by atoms with Crippen LogP contribution in [-0.2, 0) is 13.2 Å². The summed E-state index contributed by atoms with van der Waals surface area (Å²) in [7, 11) is 0. The first-order chi connectivity index (χ1) is 15.0. The topological polar surface area (TPSA) is 69.3 Å². The quantitative estimate of drug-likeness (QED) is 0.408. The summed E-state index contributed by atoms with van der Waals surface area (Å²) in [5.74, 6) is 1.19. The summed E-state index contributed by atoms with van der Waals surface area (Å²) in [5.41, 5.74) is 3.78. The van der Waals surface area contributed by atoms with E-state index in [2.05, 4.69) is 16.5 Å². The second-order valence-electron chi connectivity index (χ2n) is 7.35. The lowest BCUT2D eigenvalue weighted by atomic mass is 10.1. The SMILES string of the molecule is Cc1cc(C)cc(OCc2ccc(C(=O)Nc3cnn(Cc4ccccc4Cl)c3)o2)c1. The molecule has 4 aromatic rings. The van der Waals surface area contributed by atoms with E-state index in [-0.39, 0.29) is 18.3 Å². The fraction of sp³-hybridized carbons (Fsp3) is 0.167. The lowest BCUT2D eigenvalue weighted by Crippen LogP contribution is -2.10. The molecule has 0 saturated heterocycles. The van der Waals surface area contributed by atoms with Crippen LogP contribution in [0.25, 0.3) is 0 Å². The minimum atomic E-state index is -0.352. The molecule has 2 aromatic carbocycles. The maximum Gasteiger partial charge on any atom is 0.291 e. The number of hydrogen-bond acceptors (Lipinski definition) is 4. The van der Waals surface area contributed by atoms with E-state index in [1.165, 1.54) is 0 Å². The van der Waals surface area contributed by atoms with E-state index in [0.29, 0.717) is 23.0 Å². The molecule has 2 aromatic heterocycles. The van der Waals surface area contributed by atoms with Crippen molar-refractivity contribution in [1.82, 2.24) is 9.78 Å². The smallest absolute Gasteiger partial charge is 0.291 e. The van der Waals surface area contributed by atoms with Crippen molar-refractivity contribution in [3.05, 3.63) is 100 Å². The minimum absolute atomic E-state index is 0.206. The third-order valence-corrected chi connectivity index (χ3v) is 5.01. The summed E-state index contributed by atoms with van der Waals surface area (Å²) in [5, 5.41) is 7.74. The molecule has 2 heterocycles. The lowest BCUT2D eigenvalue weighted by molar-refractivity contribution is 0.0992. The predicted octanol–water partition coefficient (Wildman–Crippen LogP) is 5.63. The molecule has 0 bridgehead atoms. The molecule has 0 aliphatic rings. The van der Waals surface area contributed by atoms with Gasteiger partial charge in [-0.15, -0.1) is 0 Å². The first-order valence-corrected chi connectivity index (χ1v) is 10.2. The van der Waals surface area contributed by atoms with E-state index in [9.17, 15) is 4.79 Å². The Morgan fingerprint density at radius 1 is 1.13 bits per heavy atom. The Bertz CT molecular complexity index is 1190. The number of furan rings is 1. The largest absolute Gasteiger partial charge is 0.486 e. The third kappa shape index (κ3) is 5.35. The normalized spacial score (nSPS) is 10.8. The Kier molecular flexibility index (Phi) is 6.09. The van der Waals surface area contributed by atoms with Crippen molar-refractivity contribution < 1.29 is 13.9 Å². The first-order valence-electron chi connectivity index (χ1n) is 9.83. The van der Waals surface area contributed by atoms with Crippen molar-refractivity contribution >= 4 is 23.2 Å². The van der Waals surface area contributed by atoms with Crippen molar-refractivity contribution in [2.24, 2.45) is 0 Å². The fourth-order valence-electron chi connectivity index (χ4n) is 3.26. The summed E-state index contributed by atoms with van der Waals surface area (Å²) in [6.45, 7) is 4.79. The fourth-order valence-corrected chi connectivity index (χ4v) is 3.45. The van der Waals surface area contributed by atoms with Crippen LogP contribution in [0, 0.1) is 13.8 Å². The highest BCUT2D eigenvalue weighted by Gasteiger charge is 2.13. The number of aryl methyl sites for hydroxylation is 2. The van der Waals surface area contributed by atoms with Crippen molar-refractivity contribution in [2.75, 3.05) is 5.32 Å². The van der Waals surface area contributed by atoms with Crippen molar-refractivity contribution in [3.63, 3.8) is 0 Å². The zero-order valence-electron chi connectivity index (χ0n) is 17.3. The van der Waals surface area contributed by atoms with Crippen LogP contribution in [0.1, 0.15) is 33.0 Å². The summed E-state index contributed by atoms with van der Waals surface area (Å²) >= 11 is 6.19. The van der Waals surface area contributed by atoms with Crippen LogP contribution in [0.2, 0.25) is 5.02 Å². The van der Waals surface area contributed by atoms with Crippen molar-refractivity contribution in [2.45, 2.75) is 27.0 Å². The molecule has 0 fully saturated rings. The number of nitrogens with one attached hydrogen (secondary N) is 1. The van der Waals surface area contributed by atoms with Crippen LogP contribution in [0.4, 0.5) is 5.69 Å². The van der Waals surface area contributed by atoms with Crippen molar-refractivity contribution in [1.29, 1.82) is 0 Å². The second kappa shape index (κ2) is 9.10. The number of rotatable bonds is 7. The van der Waals surface area contributed by atoms with Gasteiger partial charge in [0, 0.05) is 11.2 Å². The monoisotopic (exact) mass is 435 g/mol. The van der Waals surface area contributed by atoms with E-state index < -0.39 is 0 Å². The Labute approximate surface area is 185 Å². The molecular formula is C24H22ClN3O3. The van der Waals surface area contributed by atoms with Gasteiger partial charge in [0.05, 0.1) is 18.4 Å². The van der Waals surface area contributed by atoms with Gasteiger partial charge in [-0.2, -0.15) is 5.10 Å². The van der Waals surface area contributed by atoms with Crippen LogP contribution in [-0.4, -0.2) is 15.7 Å².